The molecule has 0 saturated carbocycles. The van der Waals surface area contributed by atoms with Gasteiger partial charge in [0, 0.05) is 35.5 Å². The Bertz CT molecular complexity index is 640. The fourth-order valence-corrected chi connectivity index (χ4v) is 3.66. The van der Waals surface area contributed by atoms with Crippen molar-refractivity contribution in [2.24, 2.45) is 11.1 Å². The summed E-state index contributed by atoms with van der Waals surface area (Å²) in [6.45, 7) is 7.83. The highest BCUT2D eigenvalue weighted by atomic mass is 16.6. The van der Waals surface area contributed by atoms with E-state index in [0.29, 0.717) is 17.7 Å². The zero-order chi connectivity index (χ0) is 17.4. The number of hydrogen-bond acceptors (Lipinski definition) is 6. The Labute approximate surface area is 135 Å². The molecule has 7 nitrogen and oxygen atoms in total. The highest BCUT2D eigenvalue weighted by Gasteiger charge is 2.47. The molecule has 1 aromatic carbocycles. The van der Waals surface area contributed by atoms with E-state index in [1.54, 1.807) is 12.1 Å². The number of hydrogen-bond donors (Lipinski definition) is 3. The molecule has 1 saturated heterocycles. The van der Waals surface area contributed by atoms with Crippen LogP contribution in [0.3, 0.4) is 0 Å². The minimum absolute atomic E-state index is 0.0778. The topological polar surface area (TPSA) is 108 Å². The van der Waals surface area contributed by atoms with Crippen molar-refractivity contribution in [3.63, 3.8) is 0 Å². The second-order valence-electron chi connectivity index (χ2n) is 7.27. The smallest absolute Gasteiger partial charge is 0.269 e. The van der Waals surface area contributed by atoms with Crippen LogP contribution in [0.4, 0.5) is 5.69 Å². The monoisotopic (exact) mass is 321 g/mol. The van der Waals surface area contributed by atoms with Gasteiger partial charge >= 0.3 is 0 Å². The number of non-ortho nitro benzene ring substituents is 1. The predicted molar refractivity (Wildman–Crippen MR) is 86.7 cm³/mol. The van der Waals surface area contributed by atoms with Crippen LogP contribution in [0.5, 0.6) is 0 Å². The summed E-state index contributed by atoms with van der Waals surface area (Å²) >= 11 is 0. The van der Waals surface area contributed by atoms with E-state index in [1.807, 2.05) is 27.7 Å². The number of aliphatic hydroxyl groups is 1. The molecule has 0 radical (unpaired) electrons. The average Bonchev–Trinajstić information content (AvgIpc) is 2.43. The van der Waals surface area contributed by atoms with Crippen LogP contribution in [0.2, 0.25) is 0 Å². The van der Waals surface area contributed by atoms with Gasteiger partial charge in [0.2, 0.25) is 0 Å². The lowest BCUT2D eigenvalue weighted by Crippen LogP contribution is -2.64. The first-order chi connectivity index (χ1) is 10.6. The van der Waals surface area contributed by atoms with Crippen molar-refractivity contribution in [1.82, 2.24) is 5.32 Å². The van der Waals surface area contributed by atoms with Crippen LogP contribution in [-0.2, 0) is 0 Å². The van der Waals surface area contributed by atoms with Gasteiger partial charge < -0.3 is 15.6 Å². The standard InChI is InChI=1S/C16H23N3O4/c1-15(2)9-12(17-21)13(16(3,4)18-15)14(20)10-6-5-7-11(8-10)19(22)23/h5-8,13-14,18,20-21H,9H2,1-4H3/b17-12-/t13-,14+/m0/s1. The number of oxime groups is 1. The second-order valence-corrected chi connectivity index (χ2v) is 7.27. The summed E-state index contributed by atoms with van der Waals surface area (Å²) in [6, 6.07) is 5.92. The molecule has 0 aliphatic carbocycles. The van der Waals surface area contributed by atoms with Gasteiger partial charge in [0.15, 0.2) is 0 Å². The molecule has 1 fully saturated rings. The fraction of sp³-hybridized carbons (Fsp3) is 0.562. The summed E-state index contributed by atoms with van der Waals surface area (Å²) in [5.41, 5.74) is 0.0146. The van der Waals surface area contributed by atoms with Gasteiger partial charge in [-0.15, -0.1) is 0 Å². The van der Waals surface area contributed by atoms with E-state index < -0.39 is 22.5 Å². The summed E-state index contributed by atoms with van der Waals surface area (Å²) < 4.78 is 0. The number of benzene rings is 1. The average molecular weight is 321 g/mol. The largest absolute Gasteiger partial charge is 0.411 e. The minimum Gasteiger partial charge on any atom is -0.411 e. The lowest BCUT2D eigenvalue weighted by Gasteiger charge is -2.49. The third-order valence-electron chi connectivity index (χ3n) is 4.29. The van der Waals surface area contributed by atoms with Gasteiger partial charge in [-0.3, -0.25) is 10.1 Å². The van der Waals surface area contributed by atoms with Crippen LogP contribution in [0.1, 0.15) is 45.8 Å². The molecule has 1 aliphatic rings. The number of aliphatic hydroxyl groups excluding tert-OH is 1. The number of nitro benzene ring substituents is 1. The molecule has 23 heavy (non-hydrogen) atoms. The van der Waals surface area contributed by atoms with Crippen LogP contribution >= 0.6 is 0 Å². The van der Waals surface area contributed by atoms with Crippen LogP contribution < -0.4 is 5.32 Å². The van der Waals surface area contributed by atoms with E-state index in [2.05, 4.69) is 10.5 Å². The molecule has 1 heterocycles. The molecule has 126 valence electrons. The Morgan fingerprint density at radius 1 is 1.39 bits per heavy atom. The predicted octanol–water partition coefficient (Wildman–Crippen LogP) is 2.63. The van der Waals surface area contributed by atoms with E-state index in [0.717, 1.165) is 0 Å². The SMILES string of the molecule is CC1(C)C/C(=N/O)[C@@H]([C@H](O)c2cccc([N+](=O)[O-])c2)C(C)(C)N1. The summed E-state index contributed by atoms with van der Waals surface area (Å²) in [4.78, 5) is 10.4. The van der Waals surface area contributed by atoms with Gasteiger partial charge in [0.1, 0.15) is 0 Å². The lowest BCUT2D eigenvalue weighted by molar-refractivity contribution is -0.385. The normalized spacial score (nSPS) is 26.0. The molecular formula is C16H23N3O4. The fourth-order valence-electron chi connectivity index (χ4n) is 3.66. The number of nitro groups is 1. The molecule has 2 atom stereocenters. The maximum absolute atomic E-state index is 10.9. The second kappa shape index (κ2) is 5.90. The molecule has 0 unspecified atom stereocenters. The number of piperidine rings is 1. The van der Waals surface area contributed by atoms with Crippen molar-refractivity contribution in [1.29, 1.82) is 0 Å². The Morgan fingerprint density at radius 3 is 2.61 bits per heavy atom. The summed E-state index contributed by atoms with van der Waals surface area (Å²) in [5, 5.41) is 38.0. The Hall–Kier alpha value is -1.99. The number of nitrogens with zero attached hydrogens (tertiary/aromatic N) is 2. The van der Waals surface area contributed by atoms with E-state index in [4.69, 9.17) is 0 Å². The minimum atomic E-state index is -1.01. The van der Waals surface area contributed by atoms with Crippen molar-refractivity contribution in [3.8, 4) is 0 Å². The van der Waals surface area contributed by atoms with Gasteiger partial charge in [-0.2, -0.15) is 0 Å². The summed E-state index contributed by atoms with van der Waals surface area (Å²) in [6.07, 6.45) is -0.539. The van der Waals surface area contributed by atoms with Crippen LogP contribution in [0.15, 0.2) is 29.4 Å². The van der Waals surface area contributed by atoms with E-state index in [1.165, 1.54) is 12.1 Å². The van der Waals surface area contributed by atoms with Crippen molar-refractivity contribution in [3.05, 3.63) is 39.9 Å². The van der Waals surface area contributed by atoms with Gasteiger partial charge in [-0.05, 0) is 33.3 Å². The zero-order valence-corrected chi connectivity index (χ0v) is 13.8. The van der Waals surface area contributed by atoms with E-state index in [-0.39, 0.29) is 11.2 Å². The van der Waals surface area contributed by atoms with Crippen molar-refractivity contribution in [2.75, 3.05) is 0 Å². The maximum atomic E-state index is 10.9. The first-order valence-corrected chi connectivity index (χ1v) is 7.50. The zero-order valence-electron chi connectivity index (χ0n) is 13.8. The molecular weight excluding hydrogens is 298 g/mol. The number of nitrogens with one attached hydrogen (secondary N) is 1. The first-order valence-electron chi connectivity index (χ1n) is 7.50. The van der Waals surface area contributed by atoms with E-state index >= 15 is 0 Å². The van der Waals surface area contributed by atoms with Crippen molar-refractivity contribution < 1.29 is 15.2 Å². The quantitative estimate of drug-likeness (QED) is 0.450. The summed E-state index contributed by atoms with van der Waals surface area (Å²) in [7, 11) is 0. The molecule has 0 amide bonds. The molecule has 2 rings (SSSR count). The Balaban J connectivity index is 2.42. The number of rotatable bonds is 3. The van der Waals surface area contributed by atoms with Crippen molar-refractivity contribution >= 4 is 11.4 Å². The molecule has 1 aromatic rings. The van der Waals surface area contributed by atoms with Gasteiger partial charge in [-0.1, -0.05) is 17.3 Å². The third kappa shape index (κ3) is 3.51. The molecule has 0 aromatic heterocycles. The van der Waals surface area contributed by atoms with E-state index in [9.17, 15) is 20.4 Å². The summed E-state index contributed by atoms with van der Waals surface area (Å²) in [5.74, 6) is -0.498. The Morgan fingerprint density at radius 2 is 2.04 bits per heavy atom. The van der Waals surface area contributed by atoms with Gasteiger partial charge in [-0.25, -0.2) is 0 Å². The highest BCUT2D eigenvalue weighted by molar-refractivity contribution is 5.90. The molecule has 0 spiro atoms. The highest BCUT2D eigenvalue weighted by Crippen LogP contribution is 2.39. The molecule has 1 aliphatic heterocycles. The molecule has 3 N–H and O–H groups in total. The van der Waals surface area contributed by atoms with Crippen molar-refractivity contribution in [2.45, 2.75) is 51.3 Å². The van der Waals surface area contributed by atoms with Gasteiger partial charge in [0.05, 0.1) is 16.7 Å². The van der Waals surface area contributed by atoms with Crippen LogP contribution in [-0.4, -0.2) is 32.0 Å². The Kier molecular flexibility index (Phi) is 4.45. The van der Waals surface area contributed by atoms with Gasteiger partial charge in [0.25, 0.3) is 5.69 Å². The van der Waals surface area contributed by atoms with Crippen LogP contribution in [0.25, 0.3) is 0 Å². The molecule has 0 bridgehead atoms. The van der Waals surface area contributed by atoms with Crippen LogP contribution in [0, 0.1) is 16.0 Å². The first kappa shape index (κ1) is 17.4. The lowest BCUT2D eigenvalue weighted by atomic mass is 9.69. The third-order valence-corrected chi connectivity index (χ3v) is 4.29. The molecule has 7 heteroatoms. The maximum Gasteiger partial charge on any atom is 0.269 e.